The molecule has 0 radical (unpaired) electrons. The lowest BCUT2D eigenvalue weighted by Gasteiger charge is -2.18. The molecular weight excluding hydrogens is 482 g/mol. The first-order chi connectivity index (χ1) is 18.5. The van der Waals surface area contributed by atoms with Crippen molar-refractivity contribution in [2.75, 3.05) is 0 Å². The molecular formula is C30H23N3O5. The average Bonchev–Trinajstić information content (AvgIpc) is 3.72. The van der Waals surface area contributed by atoms with Crippen LogP contribution in [0.3, 0.4) is 0 Å². The largest absolute Gasteiger partial charge is 0.423 e. The Hall–Kier alpha value is -5.11. The average molecular weight is 506 g/mol. The third-order valence-electron chi connectivity index (χ3n) is 6.63. The minimum absolute atomic E-state index is 0.113. The van der Waals surface area contributed by atoms with Crippen molar-refractivity contribution in [3.8, 4) is 5.75 Å². The van der Waals surface area contributed by atoms with Crippen LogP contribution < -0.4 is 10.2 Å². The fraction of sp³-hybridized carbons (Fsp3) is 0.100. The van der Waals surface area contributed by atoms with Gasteiger partial charge in [-0.15, -0.1) is 0 Å². The standard InChI is InChI=1S/C30H23N3O5/c34-28(27-19-30(27,23-9-3-1-4-10-23)24-11-5-2-6-12-24)32-31-20-21-8-7-13-26(18-21)38-29(35)22-14-16-25(17-15-22)33(36)37/h1-18,20,27H,19H2,(H,32,34). The van der Waals surface area contributed by atoms with Crippen LogP contribution in [0.1, 0.15) is 33.5 Å². The second-order valence-corrected chi connectivity index (χ2v) is 8.96. The maximum atomic E-state index is 13.1. The van der Waals surface area contributed by atoms with E-state index in [0.29, 0.717) is 12.0 Å². The Balaban J connectivity index is 1.24. The fourth-order valence-electron chi connectivity index (χ4n) is 4.65. The summed E-state index contributed by atoms with van der Waals surface area (Å²) in [5.41, 5.74) is 5.16. The van der Waals surface area contributed by atoms with Gasteiger partial charge in [0.05, 0.1) is 22.6 Å². The molecule has 1 N–H and O–H groups in total. The molecule has 1 fully saturated rings. The van der Waals surface area contributed by atoms with E-state index in [9.17, 15) is 19.7 Å². The van der Waals surface area contributed by atoms with Gasteiger partial charge in [-0.3, -0.25) is 14.9 Å². The highest BCUT2D eigenvalue weighted by Crippen LogP contribution is 2.58. The number of ether oxygens (including phenoxy) is 1. The highest BCUT2D eigenvalue weighted by atomic mass is 16.6. The summed E-state index contributed by atoms with van der Waals surface area (Å²) in [6.07, 6.45) is 2.17. The summed E-state index contributed by atoms with van der Waals surface area (Å²) < 4.78 is 5.38. The lowest BCUT2D eigenvalue weighted by atomic mass is 9.85. The van der Waals surface area contributed by atoms with E-state index in [4.69, 9.17) is 4.74 Å². The Morgan fingerprint density at radius 2 is 1.53 bits per heavy atom. The molecule has 8 nitrogen and oxygen atoms in total. The number of benzene rings is 4. The first kappa shape index (κ1) is 24.6. The van der Waals surface area contributed by atoms with Crippen molar-refractivity contribution in [1.29, 1.82) is 0 Å². The molecule has 0 saturated heterocycles. The Bertz CT molecular complexity index is 1460. The fourth-order valence-corrected chi connectivity index (χ4v) is 4.65. The number of rotatable bonds is 8. The molecule has 1 atom stereocenters. The SMILES string of the molecule is O=C(Oc1cccc(C=NNC(=O)C2CC2(c2ccccc2)c2ccccc2)c1)c1ccc([N+](=O)[O-])cc1. The van der Waals surface area contributed by atoms with E-state index in [-0.39, 0.29) is 34.2 Å². The number of non-ortho nitro benzene ring substituents is 1. The molecule has 1 aliphatic rings. The Morgan fingerprint density at radius 3 is 2.13 bits per heavy atom. The molecule has 1 unspecified atom stereocenters. The molecule has 1 saturated carbocycles. The highest BCUT2D eigenvalue weighted by molar-refractivity contribution is 5.92. The van der Waals surface area contributed by atoms with E-state index >= 15 is 0 Å². The molecule has 5 rings (SSSR count). The van der Waals surface area contributed by atoms with Gasteiger partial charge < -0.3 is 4.74 Å². The third kappa shape index (κ3) is 5.05. The molecule has 1 amide bonds. The van der Waals surface area contributed by atoms with Crippen LogP contribution in [0.4, 0.5) is 5.69 Å². The topological polar surface area (TPSA) is 111 Å². The molecule has 38 heavy (non-hydrogen) atoms. The number of nitrogens with one attached hydrogen (secondary N) is 1. The van der Waals surface area contributed by atoms with Gasteiger partial charge in [-0.05, 0) is 47.4 Å². The monoisotopic (exact) mass is 505 g/mol. The van der Waals surface area contributed by atoms with Crippen LogP contribution in [0.15, 0.2) is 114 Å². The van der Waals surface area contributed by atoms with Crippen molar-refractivity contribution >= 4 is 23.8 Å². The summed E-state index contributed by atoms with van der Waals surface area (Å²) in [6, 6.07) is 31.9. The predicted molar refractivity (Wildman–Crippen MR) is 142 cm³/mol. The first-order valence-electron chi connectivity index (χ1n) is 12.0. The zero-order chi connectivity index (χ0) is 26.5. The molecule has 4 aromatic carbocycles. The molecule has 0 bridgehead atoms. The molecule has 0 aromatic heterocycles. The smallest absolute Gasteiger partial charge is 0.343 e. The van der Waals surface area contributed by atoms with Crippen LogP contribution in [0.2, 0.25) is 0 Å². The lowest BCUT2D eigenvalue weighted by molar-refractivity contribution is -0.384. The van der Waals surface area contributed by atoms with E-state index < -0.39 is 10.9 Å². The number of nitrogens with zero attached hydrogens (tertiary/aromatic N) is 2. The van der Waals surface area contributed by atoms with Gasteiger partial charge in [-0.1, -0.05) is 72.8 Å². The van der Waals surface area contributed by atoms with Crippen molar-refractivity contribution in [2.24, 2.45) is 11.0 Å². The number of hydrogen-bond donors (Lipinski definition) is 1. The predicted octanol–water partition coefficient (Wildman–Crippen LogP) is 5.27. The van der Waals surface area contributed by atoms with Crippen molar-refractivity contribution in [3.05, 3.63) is 142 Å². The maximum Gasteiger partial charge on any atom is 0.343 e. The summed E-state index contributed by atoms with van der Waals surface area (Å²) in [7, 11) is 0. The van der Waals surface area contributed by atoms with Crippen LogP contribution >= 0.6 is 0 Å². The number of hydrazone groups is 1. The zero-order valence-corrected chi connectivity index (χ0v) is 20.2. The van der Waals surface area contributed by atoms with Gasteiger partial charge in [0, 0.05) is 17.5 Å². The van der Waals surface area contributed by atoms with Crippen LogP contribution in [-0.2, 0) is 10.2 Å². The van der Waals surface area contributed by atoms with Gasteiger partial charge in [-0.2, -0.15) is 5.10 Å². The quantitative estimate of drug-likeness (QED) is 0.115. The second kappa shape index (κ2) is 10.5. The number of nitro benzene ring substituents is 1. The highest BCUT2D eigenvalue weighted by Gasteiger charge is 2.60. The van der Waals surface area contributed by atoms with Crippen LogP contribution in [0, 0.1) is 16.0 Å². The lowest BCUT2D eigenvalue weighted by Crippen LogP contribution is -2.25. The molecule has 4 aromatic rings. The number of hydrogen-bond acceptors (Lipinski definition) is 6. The summed E-state index contributed by atoms with van der Waals surface area (Å²) >= 11 is 0. The minimum atomic E-state index is -0.644. The first-order valence-corrected chi connectivity index (χ1v) is 12.0. The summed E-state index contributed by atoms with van der Waals surface area (Å²) in [4.78, 5) is 35.7. The van der Waals surface area contributed by atoms with Gasteiger partial charge in [0.1, 0.15) is 5.75 Å². The van der Waals surface area contributed by atoms with Crippen LogP contribution in [0.25, 0.3) is 0 Å². The number of carbonyl (C=O) groups excluding carboxylic acids is 2. The minimum Gasteiger partial charge on any atom is -0.423 e. The van der Waals surface area contributed by atoms with Gasteiger partial charge in [0.25, 0.3) is 5.69 Å². The van der Waals surface area contributed by atoms with E-state index in [1.807, 2.05) is 60.7 Å². The molecule has 8 heteroatoms. The maximum absolute atomic E-state index is 13.1. The molecule has 1 aliphatic carbocycles. The second-order valence-electron chi connectivity index (χ2n) is 8.96. The summed E-state index contributed by atoms with van der Waals surface area (Å²) in [5.74, 6) is -0.791. The number of amides is 1. The van der Waals surface area contributed by atoms with E-state index in [2.05, 4.69) is 10.5 Å². The van der Waals surface area contributed by atoms with Crippen molar-refractivity contribution < 1.29 is 19.2 Å². The van der Waals surface area contributed by atoms with Crippen molar-refractivity contribution in [1.82, 2.24) is 5.43 Å². The Labute approximate surface area is 218 Å². The number of esters is 1. The summed E-state index contributed by atoms with van der Waals surface area (Å²) in [6.45, 7) is 0. The van der Waals surface area contributed by atoms with E-state index in [1.165, 1.54) is 30.5 Å². The van der Waals surface area contributed by atoms with Gasteiger partial charge in [0.15, 0.2) is 0 Å². The number of nitro groups is 1. The van der Waals surface area contributed by atoms with Crippen molar-refractivity contribution in [3.63, 3.8) is 0 Å². The number of carbonyl (C=O) groups is 2. The molecule has 188 valence electrons. The van der Waals surface area contributed by atoms with E-state index in [0.717, 1.165) is 11.1 Å². The van der Waals surface area contributed by atoms with Crippen molar-refractivity contribution in [2.45, 2.75) is 11.8 Å². The van der Waals surface area contributed by atoms with E-state index in [1.54, 1.807) is 24.3 Å². The van der Waals surface area contributed by atoms with Crippen LogP contribution in [-0.4, -0.2) is 23.0 Å². The molecule has 0 heterocycles. The van der Waals surface area contributed by atoms with Gasteiger partial charge >= 0.3 is 5.97 Å². The van der Waals surface area contributed by atoms with Gasteiger partial charge in [0.2, 0.25) is 5.91 Å². The Morgan fingerprint density at radius 1 is 0.895 bits per heavy atom. The molecule has 0 aliphatic heterocycles. The summed E-state index contributed by atoms with van der Waals surface area (Å²) in [5, 5.41) is 14.9. The van der Waals surface area contributed by atoms with Gasteiger partial charge in [-0.25, -0.2) is 10.2 Å². The zero-order valence-electron chi connectivity index (χ0n) is 20.2. The third-order valence-corrected chi connectivity index (χ3v) is 6.63. The van der Waals surface area contributed by atoms with Crippen LogP contribution in [0.5, 0.6) is 5.75 Å². The molecule has 0 spiro atoms. The Kier molecular flexibility index (Phi) is 6.78. The normalized spacial score (nSPS) is 15.5.